The highest BCUT2D eigenvalue weighted by Crippen LogP contribution is 2.41. The van der Waals surface area contributed by atoms with Gasteiger partial charge in [0, 0.05) is 16.7 Å². The third-order valence-electron chi connectivity index (χ3n) is 8.96. The molecule has 0 radical (unpaired) electrons. The Bertz CT molecular complexity index is 1730. The van der Waals surface area contributed by atoms with E-state index in [1.165, 1.54) is 33.4 Å². The van der Waals surface area contributed by atoms with Crippen LogP contribution in [0.4, 0.5) is 0 Å². The van der Waals surface area contributed by atoms with Gasteiger partial charge in [-0.25, -0.2) is 0 Å². The predicted molar refractivity (Wildman–Crippen MR) is 184 cm³/mol. The molecular weight excluding hydrogens is 552 g/mol. The number of hydrogen-bond donors (Lipinski definition) is 0. The SMILES string of the molecule is COc1cc2c(cc1-c1ccccc1)Cc1cc(OC)c(-c3ccccc3)cc1Cc1cc(OC)c(-c3ccccc3)cc1C2. The summed E-state index contributed by atoms with van der Waals surface area (Å²) >= 11 is 0. The monoisotopic (exact) mass is 588 g/mol. The first-order valence-electron chi connectivity index (χ1n) is 15.4. The Morgan fingerprint density at radius 2 is 0.578 bits per heavy atom. The molecule has 0 fully saturated rings. The van der Waals surface area contributed by atoms with Crippen molar-refractivity contribution in [3.05, 3.63) is 161 Å². The minimum absolute atomic E-state index is 0.788. The molecule has 7 rings (SSSR count). The second-order valence-corrected chi connectivity index (χ2v) is 11.6. The summed E-state index contributed by atoms with van der Waals surface area (Å²) in [5.74, 6) is 2.65. The van der Waals surface area contributed by atoms with Crippen molar-refractivity contribution in [2.45, 2.75) is 19.3 Å². The summed E-state index contributed by atoms with van der Waals surface area (Å²) in [6.07, 6.45) is 2.36. The van der Waals surface area contributed by atoms with Gasteiger partial charge in [-0.1, -0.05) is 91.0 Å². The highest BCUT2D eigenvalue weighted by atomic mass is 16.5. The fourth-order valence-electron chi connectivity index (χ4n) is 6.64. The van der Waals surface area contributed by atoms with Gasteiger partial charge in [-0.05, 0) is 106 Å². The van der Waals surface area contributed by atoms with Gasteiger partial charge in [-0.2, -0.15) is 0 Å². The highest BCUT2D eigenvalue weighted by molar-refractivity contribution is 5.76. The van der Waals surface area contributed by atoms with E-state index in [-0.39, 0.29) is 0 Å². The van der Waals surface area contributed by atoms with Crippen molar-refractivity contribution >= 4 is 0 Å². The largest absolute Gasteiger partial charge is 0.496 e. The van der Waals surface area contributed by atoms with E-state index in [9.17, 15) is 0 Å². The van der Waals surface area contributed by atoms with Gasteiger partial charge < -0.3 is 14.2 Å². The van der Waals surface area contributed by atoms with E-state index < -0.39 is 0 Å². The summed E-state index contributed by atoms with van der Waals surface area (Å²) in [4.78, 5) is 0. The van der Waals surface area contributed by atoms with Gasteiger partial charge in [-0.3, -0.25) is 0 Å². The van der Waals surface area contributed by atoms with Crippen LogP contribution in [0.15, 0.2) is 127 Å². The average Bonchev–Trinajstić information content (AvgIpc) is 3.16. The van der Waals surface area contributed by atoms with Crippen molar-refractivity contribution in [2.75, 3.05) is 21.3 Å². The first-order chi connectivity index (χ1) is 22.1. The Hall–Kier alpha value is -5.28. The Morgan fingerprint density at radius 1 is 0.333 bits per heavy atom. The molecule has 222 valence electrons. The van der Waals surface area contributed by atoms with Crippen molar-refractivity contribution in [3.8, 4) is 50.6 Å². The van der Waals surface area contributed by atoms with Crippen molar-refractivity contribution < 1.29 is 14.2 Å². The standard InChI is InChI=1S/C42H36O3/c1-43-40-25-34-19-32-23-38(29-15-9-5-10-16-29)42(45-3)27-36(32)21-33-24-39(30-17-11-6-12-18-30)41(44-2)26-35(33)20-31(34)22-37(40)28-13-7-4-8-14-28/h4-18,22-27H,19-21H2,1-3H3. The maximum Gasteiger partial charge on any atom is 0.126 e. The molecule has 6 aromatic rings. The fraction of sp³-hybridized carbons (Fsp3) is 0.143. The quantitative estimate of drug-likeness (QED) is 0.194. The van der Waals surface area contributed by atoms with Crippen LogP contribution in [0.3, 0.4) is 0 Å². The summed E-state index contributed by atoms with van der Waals surface area (Å²) in [5, 5.41) is 0. The van der Waals surface area contributed by atoms with Gasteiger partial charge in [0.2, 0.25) is 0 Å². The first-order valence-corrected chi connectivity index (χ1v) is 15.4. The Kier molecular flexibility index (Phi) is 7.83. The lowest BCUT2D eigenvalue weighted by Gasteiger charge is -2.18. The minimum atomic E-state index is 0.788. The van der Waals surface area contributed by atoms with Crippen molar-refractivity contribution in [1.29, 1.82) is 0 Å². The van der Waals surface area contributed by atoms with E-state index in [1.807, 2.05) is 0 Å². The van der Waals surface area contributed by atoms with Gasteiger partial charge in [0.25, 0.3) is 0 Å². The van der Waals surface area contributed by atoms with Gasteiger partial charge in [0.05, 0.1) is 21.3 Å². The lowest BCUT2D eigenvalue weighted by atomic mass is 9.89. The second-order valence-electron chi connectivity index (χ2n) is 11.6. The number of rotatable bonds is 6. The zero-order valence-corrected chi connectivity index (χ0v) is 26.0. The van der Waals surface area contributed by atoms with E-state index in [0.717, 1.165) is 69.9 Å². The maximum absolute atomic E-state index is 6.02. The molecule has 0 atom stereocenters. The van der Waals surface area contributed by atoms with E-state index in [1.54, 1.807) is 21.3 Å². The molecule has 0 bridgehead atoms. The second kappa shape index (κ2) is 12.4. The average molecular weight is 589 g/mol. The van der Waals surface area contributed by atoms with Crippen molar-refractivity contribution in [2.24, 2.45) is 0 Å². The molecular formula is C42H36O3. The van der Waals surface area contributed by atoms with Gasteiger partial charge in [0.15, 0.2) is 0 Å². The molecule has 0 saturated carbocycles. The lowest BCUT2D eigenvalue weighted by molar-refractivity contribution is 0.415. The third-order valence-corrected chi connectivity index (χ3v) is 8.96. The van der Waals surface area contributed by atoms with Crippen molar-refractivity contribution in [1.82, 2.24) is 0 Å². The maximum atomic E-state index is 6.02. The summed E-state index contributed by atoms with van der Waals surface area (Å²) in [5.41, 5.74) is 14.4. The van der Waals surface area contributed by atoms with Crippen molar-refractivity contribution in [3.63, 3.8) is 0 Å². The molecule has 0 N–H and O–H groups in total. The number of benzene rings is 6. The van der Waals surface area contributed by atoms with E-state index in [2.05, 4.69) is 127 Å². The topological polar surface area (TPSA) is 27.7 Å². The predicted octanol–water partition coefficient (Wildman–Crippen LogP) is 9.80. The van der Waals surface area contributed by atoms with Crippen LogP contribution < -0.4 is 14.2 Å². The summed E-state index contributed by atoms with van der Waals surface area (Å²) in [6, 6.07) is 45.3. The van der Waals surface area contributed by atoms with Gasteiger partial charge >= 0.3 is 0 Å². The van der Waals surface area contributed by atoms with Crippen LogP contribution in [0.25, 0.3) is 33.4 Å². The molecule has 0 unspecified atom stereocenters. The van der Waals surface area contributed by atoms with Crippen LogP contribution in [0, 0.1) is 0 Å². The molecule has 1 aliphatic carbocycles. The minimum Gasteiger partial charge on any atom is -0.496 e. The molecule has 45 heavy (non-hydrogen) atoms. The lowest BCUT2D eigenvalue weighted by Crippen LogP contribution is -2.02. The summed E-state index contributed by atoms with van der Waals surface area (Å²) < 4.78 is 18.1. The van der Waals surface area contributed by atoms with Crippen LogP contribution in [-0.2, 0) is 19.3 Å². The number of ether oxygens (including phenoxy) is 3. The van der Waals surface area contributed by atoms with Gasteiger partial charge in [-0.15, -0.1) is 0 Å². The fourth-order valence-corrected chi connectivity index (χ4v) is 6.64. The Labute approximate surface area is 265 Å². The molecule has 3 heteroatoms. The molecule has 0 aromatic heterocycles. The molecule has 0 heterocycles. The van der Waals surface area contributed by atoms with E-state index in [4.69, 9.17) is 14.2 Å². The smallest absolute Gasteiger partial charge is 0.126 e. The molecule has 1 aliphatic rings. The van der Waals surface area contributed by atoms with Gasteiger partial charge in [0.1, 0.15) is 17.2 Å². The number of hydrogen-bond acceptors (Lipinski definition) is 3. The van der Waals surface area contributed by atoms with E-state index >= 15 is 0 Å². The van der Waals surface area contributed by atoms with E-state index in [0.29, 0.717) is 0 Å². The zero-order chi connectivity index (χ0) is 30.8. The third kappa shape index (κ3) is 5.58. The molecule has 0 spiro atoms. The summed E-state index contributed by atoms with van der Waals surface area (Å²) in [6.45, 7) is 0. The zero-order valence-electron chi connectivity index (χ0n) is 26.0. The molecule has 6 aromatic carbocycles. The molecule has 0 aliphatic heterocycles. The van der Waals surface area contributed by atoms with Crippen LogP contribution in [0.5, 0.6) is 17.2 Å². The normalized spacial score (nSPS) is 12.1. The Balaban J connectivity index is 1.48. The molecule has 0 saturated heterocycles. The van der Waals surface area contributed by atoms with Crippen LogP contribution in [-0.4, -0.2) is 21.3 Å². The summed E-state index contributed by atoms with van der Waals surface area (Å²) in [7, 11) is 5.29. The molecule has 0 amide bonds. The van der Waals surface area contributed by atoms with Crippen LogP contribution in [0.2, 0.25) is 0 Å². The number of fused-ring (bicyclic) bond motifs is 3. The highest BCUT2D eigenvalue weighted by Gasteiger charge is 2.22. The first kappa shape index (κ1) is 28.5. The number of methoxy groups -OCH3 is 3. The Morgan fingerprint density at radius 3 is 0.822 bits per heavy atom. The van der Waals surface area contributed by atoms with Crippen LogP contribution >= 0.6 is 0 Å². The molecule has 3 nitrogen and oxygen atoms in total. The van der Waals surface area contributed by atoms with Crippen LogP contribution in [0.1, 0.15) is 33.4 Å².